The van der Waals surface area contributed by atoms with Gasteiger partial charge in [0.05, 0.1) is 5.52 Å². The molecule has 32 heavy (non-hydrogen) atoms. The summed E-state index contributed by atoms with van der Waals surface area (Å²) in [4.78, 5) is 47.4. The number of nitrogens with two attached hydrogens (primary N) is 1. The molecule has 9 heteroatoms. The third-order valence-electron chi connectivity index (χ3n) is 6.64. The zero-order valence-corrected chi connectivity index (χ0v) is 18.7. The minimum absolute atomic E-state index is 0.158. The van der Waals surface area contributed by atoms with Gasteiger partial charge in [0, 0.05) is 5.39 Å². The number of imide groups is 1. The van der Waals surface area contributed by atoms with Gasteiger partial charge in [0.1, 0.15) is 17.9 Å². The Morgan fingerprint density at radius 3 is 2.59 bits per heavy atom. The fraction of sp³-hybridized carbons (Fsp3) is 0.522. The second-order valence-electron chi connectivity index (χ2n) is 9.75. The van der Waals surface area contributed by atoms with Gasteiger partial charge < -0.3 is 15.8 Å². The van der Waals surface area contributed by atoms with Gasteiger partial charge in [-0.15, -0.1) is 0 Å². The van der Waals surface area contributed by atoms with Crippen LogP contribution in [0.1, 0.15) is 52.3 Å². The first-order valence-corrected chi connectivity index (χ1v) is 10.9. The molecule has 1 aromatic carbocycles. The van der Waals surface area contributed by atoms with Crippen molar-refractivity contribution in [2.24, 2.45) is 11.3 Å². The molecule has 170 valence electrons. The van der Waals surface area contributed by atoms with Crippen molar-refractivity contribution >= 4 is 34.6 Å². The number of carbonyl (C=O) groups is 3. The second kappa shape index (κ2) is 8.03. The van der Waals surface area contributed by atoms with Crippen LogP contribution in [0.15, 0.2) is 24.3 Å². The Bertz CT molecular complexity index is 1070. The summed E-state index contributed by atoms with van der Waals surface area (Å²) in [6.07, 6.45) is 2.87. The van der Waals surface area contributed by atoms with E-state index >= 15 is 0 Å². The third kappa shape index (κ3) is 4.11. The van der Waals surface area contributed by atoms with Gasteiger partial charge in [0.2, 0.25) is 0 Å². The van der Waals surface area contributed by atoms with E-state index < -0.39 is 24.1 Å². The number of carbonyl (C=O) groups excluding carboxylic acids is 3. The molecule has 1 aliphatic carbocycles. The minimum Gasteiger partial charge on any atom is -0.456 e. The normalized spacial score (nSPS) is 23.6. The minimum atomic E-state index is -0.908. The molecule has 0 bridgehead atoms. The number of nitrogens with zero attached hydrogens (tertiary/aromatic N) is 3. The highest BCUT2D eigenvalue weighted by Crippen LogP contribution is 2.43. The van der Waals surface area contributed by atoms with E-state index in [0.29, 0.717) is 35.5 Å². The van der Waals surface area contributed by atoms with Crippen LogP contribution in [0.4, 0.5) is 10.6 Å². The summed E-state index contributed by atoms with van der Waals surface area (Å²) in [6, 6.07) is 6.71. The lowest BCUT2D eigenvalue weighted by Gasteiger charge is -2.40. The zero-order valence-electron chi connectivity index (χ0n) is 18.7. The molecule has 2 fully saturated rings. The quantitative estimate of drug-likeness (QED) is 0.554. The van der Waals surface area contributed by atoms with E-state index in [1.54, 1.807) is 6.07 Å². The van der Waals surface area contributed by atoms with Crippen LogP contribution in [-0.4, -0.2) is 44.9 Å². The van der Waals surface area contributed by atoms with Gasteiger partial charge in [-0.3, -0.25) is 14.5 Å². The number of amides is 3. The summed E-state index contributed by atoms with van der Waals surface area (Å²) in [6.45, 7) is 5.94. The average Bonchev–Trinajstić information content (AvgIpc) is 2.96. The number of para-hydroxylation sites is 1. The second-order valence-corrected chi connectivity index (χ2v) is 9.75. The molecular formula is C23H29N5O4. The van der Waals surface area contributed by atoms with Crippen LogP contribution in [0.3, 0.4) is 0 Å². The van der Waals surface area contributed by atoms with E-state index in [2.05, 4.69) is 36.1 Å². The molecule has 3 N–H and O–H groups in total. The van der Waals surface area contributed by atoms with Gasteiger partial charge >= 0.3 is 12.0 Å². The smallest absolute Gasteiger partial charge is 0.326 e. The van der Waals surface area contributed by atoms with Crippen molar-refractivity contribution < 1.29 is 19.1 Å². The molecule has 3 amide bonds. The summed E-state index contributed by atoms with van der Waals surface area (Å²) in [7, 11) is 0. The van der Waals surface area contributed by atoms with Gasteiger partial charge in [-0.05, 0) is 49.1 Å². The summed E-state index contributed by atoms with van der Waals surface area (Å²) < 4.78 is 5.23. The van der Waals surface area contributed by atoms with Crippen molar-refractivity contribution in [3.8, 4) is 0 Å². The van der Waals surface area contributed by atoms with Crippen LogP contribution >= 0.6 is 0 Å². The van der Waals surface area contributed by atoms with E-state index in [0.717, 1.165) is 17.7 Å². The first-order chi connectivity index (χ1) is 15.1. The molecule has 2 aliphatic rings. The Hall–Kier alpha value is -3.23. The predicted molar refractivity (Wildman–Crippen MR) is 118 cm³/mol. The summed E-state index contributed by atoms with van der Waals surface area (Å²) >= 11 is 0. The maximum Gasteiger partial charge on any atom is 0.326 e. The molecule has 9 nitrogen and oxygen atoms in total. The Labute approximate surface area is 186 Å². The number of hydrogen-bond acceptors (Lipinski definition) is 7. The van der Waals surface area contributed by atoms with E-state index in [4.69, 9.17) is 10.5 Å². The largest absolute Gasteiger partial charge is 0.456 e. The van der Waals surface area contributed by atoms with Crippen LogP contribution < -0.4 is 11.1 Å². The molecular weight excluding hydrogens is 410 g/mol. The third-order valence-corrected chi connectivity index (χ3v) is 6.64. The number of fused-ring (bicyclic) bond motifs is 1. The van der Waals surface area contributed by atoms with E-state index in [9.17, 15) is 14.4 Å². The highest BCUT2D eigenvalue weighted by atomic mass is 16.5. The lowest BCUT2D eigenvalue weighted by molar-refractivity contribution is -0.149. The average molecular weight is 440 g/mol. The Kier molecular flexibility index (Phi) is 5.52. The van der Waals surface area contributed by atoms with Crippen molar-refractivity contribution in [1.82, 2.24) is 20.2 Å². The van der Waals surface area contributed by atoms with Crippen molar-refractivity contribution in [2.45, 2.75) is 58.6 Å². The molecule has 1 spiro atoms. The topological polar surface area (TPSA) is 128 Å². The zero-order chi connectivity index (χ0) is 23.1. The number of urea groups is 1. The van der Waals surface area contributed by atoms with Crippen LogP contribution in [0, 0.1) is 11.3 Å². The Morgan fingerprint density at radius 1 is 1.22 bits per heavy atom. The fourth-order valence-electron chi connectivity index (χ4n) is 4.67. The number of aromatic nitrogens is 2. The van der Waals surface area contributed by atoms with Crippen molar-refractivity contribution in [1.29, 1.82) is 0 Å². The van der Waals surface area contributed by atoms with Crippen molar-refractivity contribution in [3.05, 3.63) is 30.1 Å². The molecule has 1 saturated heterocycles. The summed E-state index contributed by atoms with van der Waals surface area (Å²) in [5, 5.41) is 3.55. The first kappa shape index (κ1) is 22.0. The molecule has 1 saturated carbocycles. The predicted octanol–water partition coefficient (Wildman–Crippen LogP) is 2.78. The van der Waals surface area contributed by atoms with Gasteiger partial charge in [-0.1, -0.05) is 32.9 Å². The van der Waals surface area contributed by atoms with Crippen LogP contribution in [0.5, 0.6) is 0 Å². The van der Waals surface area contributed by atoms with E-state index in [1.807, 2.05) is 18.2 Å². The standard InChI is InChI=1S/C23H29N5O4/c1-22(2,3)14-8-10-23(11-9-14)20(30)28(21(31)27-23)12-18(29)32-13-17-25-16-7-5-4-6-15(16)19(24)26-17/h4-7,14H,8-13H2,1-3H3,(H,27,31)(H2,24,25,26). The number of hydrogen-bond donors (Lipinski definition) is 2. The maximum absolute atomic E-state index is 13.0. The van der Waals surface area contributed by atoms with Crippen molar-refractivity contribution in [3.63, 3.8) is 0 Å². The number of nitrogens with one attached hydrogen (secondary N) is 1. The number of ether oxygens (including phenoxy) is 1. The summed E-state index contributed by atoms with van der Waals surface area (Å²) in [5.74, 6) is -0.0132. The molecule has 0 atom stereocenters. The van der Waals surface area contributed by atoms with Crippen molar-refractivity contribution in [2.75, 3.05) is 12.3 Å². The van der Waals surface area contributed by atoms with Crippen LogP contribution in [0.25, 0.3) is 10.9 Å². The van der Waals surface area contributed by atoms with Gasteiger partial charge in [-0.25, -0.2) is 14.8 Å². The fourth-order valence-corrected chi connectivity index (χ4v) is 4.67. The van der Waals surface area contributed by atoms with Gasteiger partial charge in [0.15, 0.2) is 12.4 Å². The molecule has 0 unspecified atom stereocenters. The maximum atomic E-state index is 13.0. The van der Waals surface area contributed by atoms with E-state index in [1.165, 1.54) is 0 Å². The lowest BCUT2D eigenvalue weighted by atomic mass is 9.67. The SMILES string of the molecule is CC(C)(C)C1CCC2(CC1)NC(=O)N(CC(=O)OCc1nc(N)c3ccccc3n1)C2=O. The van der Waals surface area contributed by atoms with Gasteiger partial charge in [0.25, 0.3) is 5.91 Å². The molecule has 1 aliphatic heterocycles. The summed E-state index contributed by atoms with van der Waals surface area (Å²) in [5.41, 5.74) is 5.85. The molecule has 2 aromatic rings. The monoisotopic (exact) mass is 439 g/mol. The Morgan fingerprint density at radius 2 is 1.91 bits per heavy atom. The first-order valence-electron chi connectivity index (χ1n) is 10.9. The number of rotatable bonds is 4. The number of anilines is 1. The Balaban J connectivity index is 1.37. The number of benzene rings is 1. The highest BCUT2D eigenvalue weighted by Gasteiger charge is 2.53. The van der Waals surface area contributed by atoms with Crippen LogP contribution in [0.2, 0.25) is 0 Å². The van der Waals surface area contributed by atoms with E-state index in [-0.39, 0.29) is 23.8 Å². The number of nitrogen functional groups attached to an aromatic ring is 1. The molecule has 4 rings (SSSR count). The highest BCUT2D eigenvalue weighted by molar-refractivity contribution is 6.08. The molecule has 2 heterocycles. The van der Waals surface area contributed by atoms with Gasteiger partial charge in [-0.2, -0.15) is 0 Å². The molecule has 0 radical (unpaired) electrons. The number of esters is 1. The molecule has 1 aromatic heterocycles. The lowest BCUT2D eigenvalue weighted by Crippen LogP contribution is -2.50. The van der Waals surface area contributed by atoms with Crippen LogP contribution in [-0.2, 0) is 20.9 Å².